The Labute approximate surface area is 111 Å². The number of hydrogen-bond donors (Lipinski definition) is 0. The summed E-state index contributed by atoms with van der Waals surface area (Å²) in [5.41, 5.74) is 2.83. The minimum atomic E-state index is -0.0788. The van der Waals surface area contributed by atoms with Gasteiger partial charge in [-0.05, 0) is 24.8 Å². The smallest absolute Gasteiger partial charge is 0.251 e. The molecule has 3 rings (SSSR count). The van der Waals surface area contributed by atoms with Gasteiger partial charge in [-0.3, -0.25) is 9.59 Å². The van der Waals surface area contributed by atoms with E-state index in [9.17, 15) is 9.59 Å². The highest BCUT2D eigenvalue weighted by Gasteiger charge is 2.17. The van der Waals surface area contributed by atoms with Crippen molar-refractivity contribution < 1.29 is 4.79 Å². The number of carbonyl (C=O) groups excluding carboxylic acids is 1. The van der Waals surface area contributed by atoms with E-state index in [4.69, 9.17) is 0 Å². The SMILES string of the molecule is O=C(Cn1c2c(ccc1=O)CCC2)c1ccccc1. The quantitative estimate of drug-likeness (QED) is 0.787. The fourth-order valence-electron chi connectivity index (χ4n) is 2.67. The molecule has 0 saturated carbocycles. The van der Waals surface area contributed by atoms with E-state index in [1.54, 1.807) is 22.8 Å². The number of aryl methyl sites for hydroxylation is 1. The second kappa shape index (κ2) is 4.84. The van der Waals surface area contributed by atoms with Crippen LogP contribution >= 0.6 is 0 Å². The third-order valence-electron chi connectivity index (χ3n) is 3.65. The Kier molecular flexibility index (Phi) is 3.03. The number of Topliss-reactive ketones (excluding diaryl/α,β-unsaturated/α-hetero) is 1. The number of hydrogen-bond acceptors (Lipinski definition) is 2. The second-order valence-electron chi connectivity index (χ2n) is 4.87. The normalized spacial score (nSPS) is 13.3. The van der Waals surface area contributed by atoms with Crippen molar-refractivity contribution in [1.82, 2.24) is 4.57 Å². The molecule has 0 aliphatic heterocycles. The Bertz CT molecular complexity index is 671. The molecule has 2 aromatic rings. The number of ketones is 1. The van der Waals surface area contributed by atoms with Crippen molar-refractivity contribution in [2.75, 3.05) is 0 Å². The molecule has 0 spiro atoms. The highest BCUT2D eigenvalue weighted by molar-refractivity contribution is 5.95. The van der Waals surface area contributed by atoms with Gasteiger partial charge in [0.1, 0.15) is 0 Å². The van der Waals surface area contributed by atoms with E-state index in [0.717, 1.165) is 25.0 Å². The minimum absolute atomic E-state index is 0.0111. The molecule has 19 heavy (non-hydrogen) atoms. The van der Waals surface area contributed by atoms with Crippen molar-refractivity contribution in [3.05, 3.63) is 69.6 Å². The summed E-state index contributed by atoms with van der Waals surface area (Å²) < 4.78 is 1.64. The molecule has 0 unspecified atom stereocenters. The molecule has 0 amide bonds. The van der Waals surface area contributed by atoms with Crippen LogP contribution in [0.4, 0.5) is 0 Å². The summed E-state index contributed by atoms with van der Waals surface area (Å²) in [4.78, 5) is 24.2. The molecule has 0 radical (unpaired) electrons. The van der Waals surface area contributed by atoms with Crippen molar-refractivity contribution in [1.29, 1.82) is 0 Å². The zero-order chi connectivity index (χ0) is 13.2. The van der Waals surface area contributed by atoms with E-state index >= 15 is 0 Å². The van der Waals surface area contributed by atoms with Gasteiger partial charge in [-0.2, -0.15) is 0 Å². The second-order valence-corrected chi connectivity index (χ2v) is 4.87. The van der Waals surface area contributed by atoms with E-state index in [1.165, 1.54) is 5.56 Å². The van der Waals surface area contributed by atoms with Crippen LogP contribution in [0.1, 0.15) is 28.0 Å². The number of aromatic nitrogens is 1. The lowest BCUT2D eigenvalue weighted by atomic mass is 10.1. The average molecular weight is 253 g/mol. The fourth-order valence-corrected chi connectivity index (χ4v) is 2.67. The first kappa shape index (κ1) is 11.9. The van der Waals surface area contributed by atoms with Crippen LogP contribution in [-0.4, -0.2) is 10.4 Å². The third kappa shape index (κ3) is 2.24. The van der Waals surface area contributed by atoms with Crippen molar-refractivity contribution in [3.63, 3.8) is 0 Å². The van der Waals surface area contributed by atoms with E-state index in [0.29, 0.717) is 5.56 Å². The highest BCUT2D eigenvalue weighted by Crippen LogP contribution is 2.20. The van der Waals surface area contributed by atoms with E-state index in [-0.39, 0.29) is 17.9 Å². The Morgan fingerprint density at radius 2 is 1.84 bits per heavy atom. The molecule has 1 aromatic heterocycles. The lowest BCUT2D eigenvalue weighted by molar-refractivity contribution is 0.0970. The highest BCUT2D eigenvalue weighted by atomic mass is 16.1. The lowest BCUT2D eigenvalue weighted by Crippen LogP contribution is -2.26. The van der Waals surface area contributed by atoms with Crippen LogP contribution in [0, 0.1) is 0 Å². The van der Waals surface area contributed by atoms with Gasteiger partial charge in [-0.15, -0.1) is 0 Å². The van der Waals surface area contributed by atoms with Crippen molar-refractivity contribution in [3.8, 4) is 0 Å². The van der Waals surface area contributed by atoms with Gasteiger partial charge in [0.05, 0.1) is 6.54 Å². The van der Waals surface area contributed by atoms with Crippen molar-refractivity contribution >= 4 is 5.78 Å². The van der Waals surface area contributed by atoms with Gasteiger partial charge in [0.25, 0.3) is 5.56 Å². The zero-order valence-electron chi connectivity index (χ0n) is 10.6. The Hall–Kier alpha value is -2.16. The fraction of sp³-hybridized carbons (Fsp3) is 0.250. The number of nitrogens with zero attached hydrogens (tertiary/aromatic N) is 1. The summed E-state index contributed by atoms with van der Waals surface area (Å²) in [7, 11) is 0. The standard InChI is InChI=1S/C16H15NO2/c18-15(13-5-2-1-3-6-13)11-17-14-8-4-7-12(14)9-10-16(17)19/h1-3,5-6,9-10H,4,7-8,11H2. The van der Waals surface area contributed by atoms with Crippen LogP contribution in [0.25, 0.3) is 0 Å². The first-order chi connectivity index (χ1) is 9.25. The Morgan fingerprint density at radius 3 is 2.63 bits per heavy atom. The van der Waals surface area contributed by atoms with Gasteiger partial charge >= 0.3 is 0 Å². The maximum Gasteiger partial charge on any atom is 0.251 e. The molecule has 96 valence electrons. The monoisotopic (exact) mass is 253 g/mol. The molecule has 0 saturated heterocycles. The predicted molar refractivity (Wildman–Crippen MR) is 73.5 cm³/mol. The Morgan fingerprint density at radius 1 is 1.05 bits per heavy atom. The number of fused-ring (bicyclic) bond motifs is 1. The van der Waals surface area contributed by atoms with Crippen molar-refractivity contribution in [2.24, 2.45) is 0 Å². The maximum absolute atomic E-state index is 12.2. The van der Waals surface area contributed by atoms with Gasteiger partial charge in [0.2, 0.25) is 0 Å². The predicted octanol–water partition coefficient (Wildman–Crippen LogP) is 2.22. The largest absolute Gasteiger partial charge is 0.305 e. The van der Waals surface area contributed by atoms with Crippen LogP contribution in [0.2, 0.25) is 0 Å². The molecular formula is C16H15NO2. The lowest BCUT2D eigenvalue weighted by Gasteiger charge is -2.11. The molecular weight excluding hydrogens is 238 g/mol. The first-order valence-corrected chi connectivity index (χ1v) is 6.55. The van der Waals surface area contributed by atoms with Crippen LogP contribution in [-0.2, 0) is 19.4 Å². The zero-order valence-corrected chi connectivity index (χ0v) is 10.6. The average Bonchev–Trinajstić information content (AvgIpc) is 2.91. The first-order valence-electron chi connectivity index (χ1n) is 6.55. The molecule has 0 bridgehead atoms. The summed E-state index contributed by atoms with van der Waals surface area (Å²) >= 11 is 0. The van der Waals surface area contributed by atoms with Crippen LogP contribution in [0.3, 0.4) is 0 Å². The molecule has 0 atom stereocenters. The molecule has 1 aliphatic carbocycles. The van der Waals surface area contributed by atoms with Gasteiger partial charge in [0, 0.05) is 17.3 Å². The van der Waals surface area contributed by atoms with Gasteiger partial charge < -0.3 is 4.57 Å². The number of rotatable bonds is 3. The topological polar surface area (TPSA) is 39.1 Å². The number of benzene rings is 1. The van der Waals surface area contributed by atoms with E-state index in [2.05, 4.69) is 0 Å². The molecule has 3 heteroatoms. The maximum atomic E-state index is 12.2. The van der Waals surface area contributed by atoms with Crippen LogP contribution < -0.4 is 5.56 Å². The molecule has 1 aromatic carbocycles. The molecule has 1 heterocycles. The molecule has 1 aliphatic rings. The summed E-state index contributed by atoms with van der Waals surface area (Å²) in [5, 5.41) is 0. The summed E-state index contributed by atoms with van der Waals surface area (Å²) in [5.74, 6) is -0.0111. The van der Waals surface area contributed by atoms with E-state index < -0.39 is 0 Å². The van der Waals surface area contributed by atoms with Crippen LogP contribution in [0.5, 0.6) is 0 Å². The number of pyridine rings is 1. The summed E-state index contributed by atoms with van der Waals surface area (Å²) in [6.45, 7) is 0.145. The Balaban J connectivity index is 1.95. The van der Waals surface area contributed by atoms with E-state index in [1.807, 2.05) is 24.3 Å². The van der Waals surface area contributed by atoms with Gasteiger partial charge in [0.15, 0.2) is 5.78 Å². The van der Waals surface area contributed by atoms with Crippen molar-refractivity contribution in [2.45, 2.75) is 25.8 Å². The molecule has 0 N–H and O–H groups in total. The molecule has 3 nitrogen and oxygen atoms in total. The summed E-state index contributed by atoms with van der Waals surface area (Å²) in [6.07, 6.45) is 2.97. The third-order valence-corrected chi connectivity index (χ3v) is 3.65. The molecule has 0 fully saturated rings. The van der Waals surface area contributed by atoms with Crippen LogP contribution in [0.15, 0.2) is 47.3 Å². The van der Waals surface area contributed by atoms with Gasteiger partial charge in [-0.1, -0.05) is 36.4 Å². The minimum Gasteiger partial charge on any atom is -0.305 e. The number of carbonyl (C=O) groups is 1. The van der Waals surface area contributed by atoms with Gasteiger partial charge in [-0.25, -0.2) is 0 Å². The summed E-state index contributed by atoms with van der Waals surface area (Å²) in [6, 6.07) is 12.6.